The van der Waals surface area contributed by atoms with E-state index in [1.54, 1.807) is 31.4 Å². The molecule has 0 fully saturated rings. The lowest BCUT2D eigenvalue weighted by Gasteiger charge is -2.03. The van der Waals surface area contributed by atoms with Crippen LogP contribution in [0.4, 0.5) is 0 Å². The molecule has 0 aliphatic carbocycles. The predicted molar refractivity (Wildman–Crippen MR) is 94.7 cm³/mol. The zero-order valence-corrected chi connectivity index (χ0v) is 14.3. The highest BCUT2D eigenvalue weighted by molar-refractivity contribution is 6.50. The quantitative estimate of drug-likeness (QED) is 0.736. The van der Waals surface area contributed by atoms with Crippen molar-refractivity contribution in [1.29, 1.82) is 0 Å². The van der Waals surface area contributed by atoms with Crippen LogP contribution in [0.15, 0.2) is 47.0 Å². The maximum atomic E-state index is 9.82. The highest BCUT2D eigenvalue weighted by atomic mass is 35.5. The molecule has 0 atom stereocenters. The molecule has 0 aliphatic heterocycles. The van der Waals surface area contributed by atoms with Gasteiger partial charge < -0.3 is 19.1 Å². The van der Waals surface area contributed by atoms with E-state index in [0.29, 0.717) is 22.9 Å². The third-order valence-corrected chi connectivity index (χ3v) is 3.73. The Morgan fingerprint density at radius 1 is 1.16 bits per heavy atom. The first-order chi connectivity index (χ1) is 12.1. The highest BCUT2D eigenvalue weighted by Crippen LogP contribution is 2.30. The molecule has 3 aromatic rings. The minimum Gasteiger partial charge on any atom is -0.504 e. The maximum Gasteiger partial charge on any atom is 0.269 e. The van der Waals surface area contributed by atoms with Crippen molar-refractivity contribution >= 4 is 22.7 Å². The number of hydrogen-bond acceptors (Lipinski definition) is 6. The summed E-state index contributed by atoms with van der Waals surface area (Å²) in [6, 6.07) is 12.2. The second-order valence-electron chi connectivity index (χ2n) is 5.08. The Morgan fingerprint density at radius 3 is 2.72 bits per heavy atom. The number of aromatic hydroxyl groups is 1. The van der Waals surface area contributed by atoms with Crippen LogP contribution < -0.4 is 9.47 Å². The molecule has 0 aliphatic rings. The van der Waals surface area contributed by atoms with Gasteiger partial charge in [0.05, 0.1) is 14.2 Å². The van der Waals surface area contributed by atoms with E-state index < -0.39 is 0 Å². The fourth-order valence-electron chi connectivity index (χ4n) is 2.20. The van der Waals surface area contributed by atoms with Crippen molar-refractivity contribution in [1.82, 2.24) is 10.1 Å². The Kier molecular flexibility index (Phi) is 4.90. The molecule has 0 unspecified atom stereocenters. The summed E-state index contributed by atoms with van der Waals surface area (Å²) in [7, 11) is 3.07. The first-order valence-electron chi connectivity index (χ1n) is 7.33. The molecule has 25 heavy (non-hydrogen) atoms. The van der Waals surface area contributed by atoms with Gasteiger partial charge in [0, 0.05) is 5.56 Å². The first-order valence-corrected chi connectivity index (χ1v) is 7.71. The van der Waals surface area contributed by atoms with Crippen LogP contribution in [0.1, 0.15) is 11.5 Å². The van der Waals surface area contributed by atoms with Gasteiger partial charge >= 0.3 is 0 Å². The van der Waals surface area contributed by atoms with Crippen LogP contribution in [0.5, 0.6) is 17.2 Å². The summed E-state index contributed by atoms with van der Waals surface area (Å²) in [5.41, 5.74) is 1.42. The van der Waals surface area contributed by atoms with Crippen LogP contribution in [0, 0.1) is 0 Å². The summed E-state index contributed by atoms with van der Waals surface area (Å²) < 4.78 is 15.4. The molecule has 1 N–H and O–H groups in total. The molecule has 0 saturated carbocycles. The molecule has 3 rings (SSSR count). The number of hydrogen-bond donors (Lipinski definition) is 1. The van der Waals surface area contributed by atoms with E-state index in [9.17, 15) is 5.11 Å². The summed E-state index contributed by atoms with van der Waals surface area (Å²) >= 11 is 6.25. The summed E-state index contributed by atoms with van der Waals surface area (Å²) in [6.07, 6.45) is 1.61. The van der Waals surface area contributed by atoms with Crippen molar-refractivity contribution in [3.05, 3.63) is 53.9 Å². The number of nitrogens with zero attached hydrogens (tertiary/aromatic N) is 2. The van der Waals surface area contributed by atoms with Gasteiger partial charge in [0.15, 0.2) is 11.5 Å². The van der Waals surface area contributed by atoms with Crippen molar-refractivity contribution in [2.45, 2.75) is 0 Å². The molecular formula is C18H15ClN2O4. The standard InChI is InChI=1S/C18H15ClN2O4/c1-23-13-5-3-4-12(10-13)17-20-18(25-21-17)14(19)8-11-6-7-16(24-2)15(22)9-11/h3-10,22H,1-2H3/b14-8-. The fraction of sp³-hybridized carbons (Fsp3) is 0.111. The molecule has 0 saturated heterocycles. The van der Waals surface area contributed by atoms with E-state index in [2.05, 4.69) is 10.1 Å². The van der Waals surface area contributed by atoms with E-state index in [1.165, 1.54) is 13.2 Å². The second-order valence-corrected chi connectivity index (χ2v) is 5.49. The predicted octanol–water partition coefficient (Wildman–Crippen LogP) is 4.20. The largest absolute Gasteiger partial charge is 0.504 e. The first kappa shape index (κ1) is 16.9. The number of phenols is 1. The van der Waals surface area contributed by atoms with Gasteiger partial charge in [-0.1, -0.05) is 35.0 Å². The Balaban J connectivity index is 1.87. The lowest BCUT2D eigenvalue weighted by atomic mass is 10.2. The lowest BCUT2D eigenvalue weighted by Crippen LogP contribution is -1.86. The van der Waals surface area contributed by atoms with Crippen LogP contribution in [0.2, 0.25) is 0 Å². The fourth-order valence-corrected chi connectivity index (χ4v) is 2.41. The van der Waals surface area contributed by atoms with E-state index in [1.807, 2.05) is 18.2 Å². The van der Waals surface area contributed by atoms with Crippen molar-refractivity contribution in [3.8, 4) is 28.6 Å². The molecule has 7 heteroatoms. The molecule has 1 aromatic heterocycles. The van der Waals surface area contributed by atoms with Crippen molar-refractivity contribution in [2.75, 3.05) is 14.2 Å². The summed E-state index contributed by atoms with van der Waals surface area (Å²) in [5, 5.41) is 14.0. The average molecular weight is 359 g/mol. The van der Waals surface area contributed by atoms with Crippen LogP contribution in [-0.4, -0.2) is 29.5 Å². The Hall–Kier alpha value is -2.99. The molecule has 1 heterocycles. The van der Waals surface area contributed by atoms with Crippen molar-refractivity contribution in [3.63, 3.8) is 0 Å². The Bertz CT molecular complexity index is 921. The van der Waals surface area contributed by atoms with E-state index >= 15 is 0 Å². The van der Waals surface area contributed by atoms with Gasteiger partial charge in [0.25, 0.3) is 5.89 Å². The van der Waals surface area contributed by atoms with Gasteiger partial charge in [-0.25, -0.2) is 0 Å². The second kappa shape index (κ2) is 7.27. The minimum atomic E-state index is 0.0170. The van der Waals surface area contributed by atoms with Gasteiger partial charge in [-0.15, -0.1) is 0 Å². The van der Waals surface area contributed by atoms with Crippen LogP contribution in [0.3, 0.4) is 0 Å². The van der Waals surface area contributed by atoms with Crippen LogP contribution in [-0.2, 0) is 0 Å². The number of phenolic OH excluding ortho intramolecular Hbond substituents is 1. The third kappa shape index (κ3) is 3.75. The molecule has 0 amide bonds. The molecule has 2 aromatic carbocycles. The van der Waals surface area contributed by atoms with Crippen molar-refractivity contribution in [2.24, 2.45) is 0 Å². The number of benzene rings is 2. The molecule has 0 spiro atoms. The van der Waals surface area contributed by atoms with Gasteiger partial charge in [-0.05, 0) is 35.9 Å². The SMILES string of the molecule is COc1cccc(-c2noc(/C(Cl)=C/c3ccc(OC)c(O)c3)n2)c1. The molecule has 0 radical (unpaired) electrons. The maximum absolute atomic E-state index is 9.82. The Labute approximate surface area is 149 Å². The minimum absolute atomic E-state index is 0.0170. The molecule has 6 nitrogen and oxygen atoms in total. The van der Waals surface area contributed by atoms with Gasteiger partial charge in [0.1, 0.15) is 10.8 Å². The van der Waals surface area contributed by atoms with Crippen molar-refractivity contribution < 1.29 is 19.1 Å². The number of methoxy groups -OCH3 is 2. The number of aromatic nitrogens is 2. The summed E-state index contributed by atoms with van der Waals surface area (Å²) in [5.74, 6) is 1.67. The topological polar surface area (TPSA) is 77.6 Å². The van der Waals surface area contributed by atoms with E-state index in [0.717, 1.165) is 5.56 Å². The third-order valence-electron chi connectivity index (χ3n) is 3.45. The van der Waals surface area contributed by atoms with Gasteiger partial charge in [-0.2, -0.15) is 4.98 Å². The zero-order chi connectivity index (χ0) is 17.8. The van der Waals surface area contributed by atoms with Gasteiger partial charge in [-0.3, -0.25) is 0 Å². The molecular weight excluding hydrogens is 344 g/mol. The van der Waals surface area contributed by atoms with Crippen LogP contribution >= 0.6 is 11.6 Å². The normalized spacial score (nSPS) is 11.4. The average Bonchev–Trinajstić information content (AvgIpc) is 3.12. The Morgan fingerprint density at radius 2 is 2.00 bits per heavy atom. The van der Waals surface area contributed by atoms with Gasteiger partial charge in [0.2, 0.25) is 5.82 Å². The van der Waals surface area contributed by atoms with E-state index in [4.69, 9.17) is 25.6 Å². The molecule has 128 valence electrons. The van der Waals surface area contributed by atoms with E-state index in [-0.39, 0.29) is 16.7 Å². The number of ether oxygens (including phenoxy) is 2. The summed E-state index contributed by atoms with van der Waals surface area (Å²) in [6.45, 7) is 0. The monoisotopic (exact) mass is 358 g/mol. The zero-order valence-electron chi connectivity index (χ0n) is 13.6. The van der Waals surface area contributed by atoms with Crippen LogP contribution in [0.25, 0.3) is 22.5 Å². The highest BCUT2D eigenvalue weighted by Gasteiger charge is 2.12. The lowest BCUT2D eigenvalue weighted by molar-refractivity contribution is 0.373. The smallest absolute Gasteiger partial charge is 0.269 e. The summed E-state index contributed by atoms with van der Waals surface area (Å²) in [4.78, 5) is 4.29. The molecule has 0 bridgehead atoms. The number of rotatable bonds is 5. The number of halogens is 1.